The Hall–Kier alpha value is -1.43. The largest absolute Gasteiger partial charge is 0.469 e. The predicted molar refractivity (Wildman–Crippen MR) is 69.4 cm³/mol. The Kier molecular flexibility index (Phi) is 4.30. The third-order valence-electron chi connectivity index (χ3n) is 2.67. The lowest BCUT2D eigenvalue weighted by Crippen LogP contribution is -2.41. The molecule has 1 atom stereocenters. The summed E-state index contributed by atoms with van der Waals surface area (Å²) in [7, 11) is 0. The van der Waals surface area contributed by atoms with E-state index in [2.05, 4.69) is 5.32 Å². The van der Waals surface area contributed by atoms with E-state index in [4.69, 9.17) is 4.42 Å². The van der Waals surface area contributed by atoms with Gasteiger partial charge in [-0.25, -0.2) is 0 Å². The molecule has 5 nitrogen and oxygen atoms in total. The summed E-state index contributed by atoms with van der Waals surface area (Å²) >= 11 is 1.26. The maximum Gasteiger partial charge on any atom is 0.282 e. The second-order valence-electron chi connectivity index (χ2n) is 4.29. The third-order valence-corrected chi connectivity index (χ3v) is 3.57. The van der Waals surface area contributed by atoms with Gasteiger partial charge in [0.1, 0.15) is 12.3 Å². The van der Waals surface area contributed by atoms with Crippen LogP contribution in [0.25, 0.3) is 0 Å². The van der Waals surface area contributed by atoms with Crippen molar-refractivity contribution in [1.29, 1.82) is 0 Å². The fourth-order valence-electron chi connectivity index (χ4n) is 1.84. The lowest BCUT2D eigenvalue weighted by Gasteiger charge is -2.17. The van der Waals surface area contributed by atoms with Gasteiger partial charge in [0.05, 0.1) is 6.26 Å². The van der Waals surface area contributed by atoms with Crippen LogP contribution in [0, 0.1) is 0 Å². The van der Waals surface area contributed by atoms with Gasteiger partial charge in [-0.2, -0.15) is 0 Å². The highest BCUT2D eigenvalue weighted by molar-refractivity contribution is 8.13. The van der Waals surface area contributed by atoms with Crippen LogP contribution >= 0.6 is 11.8 Å². The van der Waals surface area contributed by atoms with Gasteiger partial charge < -0.3 is 14.6 Å². The molecule has 1 fully saturated rings. The van der Waals surface area contributed by atoms with E-state index in [1.54, 1.807) is 11.2 Å². The first-order chi connectivity index (χ1) is 8.65. The number of hydrogen-bond donors (Lipinski definition) is 1. The second-order valence-corrected chi connectivity index (χ2v) is 5.33. The minimum Gasteiger partial charge on any atom is -0.469 e. The summed E-state index contributed by atoms with van der Waals surface area (Å²) in [6, 6.07) is 3.70. The number of nitrogens with one attached hydrogen (secondary N) is 1. The highest BCUT2D eigenvalue weighted by Gasteiger charge is 2.23. The van der Waals surface area contributed by atoms with Crippen LogP contribution < -0.4 is 5.32 Å². The van der Waals surface area contributed by atoms with Gasteiger partial charge in [0, 0.05) is 24.8 Å². The maximum atomic E-state index is 11.7. The van der Waals surface area contributed by atoms with Gasteiger partial charge in [-0.15, -0.1) is 0 Å². The molecule has 98 valence electrons. The molecule has 0 aliphatic carbocycles. The van der Waals surface area contributed by atoms with Gasteiger partial charge in [0.15, 0.2) is 0 Å². The van der Waals surface area contributed by atoms with Crippen molar-refractivity contribution in [3.8, 4) is 0 Å². The zero-order valence-electron chi connectivity index (χ0n) is 10.2. The van der Waals surface area contributed by atoms with Crippen molar-refractivity contribution in [2.45, 2.75) is 19.4 Å². The molecule has 6 heteroatoms. The molecule has 0 aromatic carbocycles. The van der Waals surface area contributed by atoms with Gasteiger partial charge in [0.2, 0.25) is 5.91 Å². The fraction of sp³-hybridized carbons (Fsp3) is 0.500. The maximum absolute atomic E-state index is 11.7. The normalized spacial score (nSPS) is 16.9. The number of thioether (sulfide) groups is 1. The second kappa shape index (κ2) is 5.95. The molecule has 1 aromatic rings. The van der Waals surface area contributed by atoms with Crippen LogP contribution in [0.1, 0.15) is 12.7 Å². The number of carbonyl (C=O) groups is 2. The van der Waals surface area contributed by atoms with Gasteiger partial charge in [-0.3, -0.25) is 9.59 Å². The molecule has 0 bridgehead atoms. The molecule has 18 heavy (non-hydrogen) atoms. The van der Waals surface area contributed by atoms with Crippen molar-refractivity contribution in [1.82, 2.24) is 10.2 Å². The Morgan fingerprint density at radius 2 is 2.50 bits per heavy atom. The summed E-state index contributed by atoms with van der Waals surface area (Å²) in [5.41, 5.74) is 0. The van der Waals surface area contributed by atoms with E-state index in [1.807, 2.05) is 19.1 Å². The molecule has 2 rings (SSSR count). The standard InChI is InChI=1S/C12H16N2O3S/c1-9(7-10-3-2-5-17-10)13-11(15)8-14-4-6-18-12(14)16/h2-3,5,9H,4,6-8H2,1H3,(H,13,15)/t9-/m1/s1. The van der Waals surface area contributed by atoms with Crippen molar-refractivity contribution in [3.05, 3.63) is 24.2 Å². The first-order valence-electron chi connectivity index (χ1n) is 5.88. The lowest BCUT2D eigenvalue weighted by molar-refractivity contribution is -0.122. The molecule has 0 unspecified atom stereocenters. The summed E-state index contributed by atoms with van der Waals surface area (Å²) in [5.74, 6) is 1.49. The molecule has 0 saturated carbocycles. The molecular formula is C12H16N2O3S. The van der Waals surface area contributed by atoms with E-state index in [-0.39, 0.29) is 23.7 Å². The number of hydrogen-bond acceptors (Lipinski definition) is 4. The average Bonchev–Trinajstić information content (AvgIpc) is 2.91. The molecule has 2 amide bonds. The van der Waals surface area contributed by atoms with Gasteiger partial charge in [0.25, 0.3) is 5.24 Å². The van der Waals surface area contributed by atoms with Crippen LogP contribution in [-0.2, 0) is 11.2 Å². The van der Waals surface area contributed by atoms with Crippen molar-refractivity contribution in [2.24, 2.45) is 0 Å². The Morgan fingerprint density at radius 1 is 1.67 bits per heavy atom. The lowest BCUT2D eigenvalue weighted by atomic mass is 10.2. The SMILES string of the molecule is C[C@H](Cc1ccco1)NC(=O)CN1CCSC1=O. The highest BCUT2D eigenvalue weighted by Crippen LogP contribution is 2.16. The number of furan rings is 1. The van der Waals surface area contributed by atoms with E-state index in [9.17, 15) is 9.59 Å². The van der Waals surface area contributed by atoms with Gasteiger partial charge >= 0.3 is 0 Å². The molecule has 1 aliphatic rings. The number of rotatable bonds is 5. The van der Waals surface area contributed by atoms with Gasteiger partial charge in [-0.05, 0) is 19.1 Å². The molecule has 0 radical (unpaired) electrons. The van der Waals surface area contributed by atoms with Crippen LogP contribution in [0.4, 0.5) is 4.79 Å². The molecule has 1 saturated heterocycles. The Labute approximate surface area is 110 Å². The van der Waals surface area contributed by atoms with Crippen LogP contribution in [-0.4, -0.2) is 40.9 Å². The van der Waals surface area contributed by atoms with Gasteiger partial charge in [-0.1, -0.05) is 11.8 Å². The first kappa shape index (κ1) is 13.0. The number of amides is 2. The Bertz CT molecular complexity index is 419. The quantitative estimate of drug-likeness (QED) is 0.879. The Morgan fingerprint density at radius 3 is 3.11 bits per heavy atom. The van der Waals surface area contributed by atoms with E-state index >= 15 is 0 Å². The van der Waals surface area contributed by atoms with E-state index in [1.165, 1.54) is 11.8 Å². The molecule has 0 spiro atoms. The molecule has 2 heterocycles. The van der Waals surface area contributed by atoms with Crippen LogP contribution in [0.5, 0.6) is 0 Å². The van der Waals surface area contributed by atoms with Crippen molar-refractivity contribution in [3.63, 3.8) is 0 Å². The monoisotopic (exact) mass is 268 g/mol. The summed E-state index contributed by atoms with van der Waals surface area (Å²) in [5, 5.41) is 2.85. The minimum absolute atomic E-state index is 0.00555. The van der Waals surface area contributed by atoms with E-state index in [0.717, 1.165) is 11.5 Å². The summed E-state index contributed by atoms with van der Waals surface area (Å²) in [6.07, 6.45) is 2.27. The van der Waals surface area contributed by atoms with Crippen LogP contribution in [0.3, 0.4) is 0 Å². The Balaban J connectivity index is 1.75. The summed E-state index contributed by atoms with van der Waals surface area (Å²) < 4.78 is 5.22. The molecule has 1 N–H and O–H groups in total. The van der Waals surface area contributed by atoms with Crippen molar-refractivity contribution in [2.75, 3.05) is 18.8 Å². The number of carbonyl (C=O) groups excluding carboxylic acids is 2. The van der Waals surface area contributed by atoms with Crippen molar-refractivity contribution >= 4 is 22.9 Å². The summed E-state index contributed by atoms with van der Waals surface area (Å²) in [4.78, 5) is 24.7. The zero-order chi connectivity index (χ0) is 13.0. The number of nitrogens with zero attached hydrogens (tertiary/aromatic N) is 1. The van der Waals surface area contributed by atoms with Crippen molar-refractivity contribution < 1.29 is 14.0 Å². The molecular weight excluding hydrogens is 252 g/mol. The van der Waals surface area contributed by atoms with Crippen LogP contribution in [0.15, 0.2) is 22.8 Å². The highest BCUT2D eigenvalue weighted by atomic mass is 32.2. The third kappa shape index (κ3) is 3.53. The van der Waals surface area contributed by atoms with E-state index in [0.29, 0.717) is 13.0 Å². The fourth-order valence-corrected chi connectivity index (χ4v) is 2.67. The van der Waals surface area contributed by atoms with E-state index < -0.39 is 0 Å². The molecule has 1 aromatic heterocycles. The van der Waals surface area contributed by atoms with Crippen LogP contribution in [0.2, 0.25) is 0 Å². The topological polar surface area (TPSA) is 62.6 Å². The minimum atomic E-state index is -0.120. The summed E-state index contributed by atoms with van der Waals surface area (Å²) in [6.45, 7) is 2.72. The smallest absolute Gasteiger partial charge is 0.282 e. The zero-order valence-corrected chi connectivity index (χ0v) is 11.0. The molecule has 1 aliphatic heterocycles. The first-order valence-corrected chi connectivity index (χ1v) is 6.87. The predicted octanol–water partition coefficient (Wildman–Crippen LogP) is 1.50. The average molecular weight is 268 g/mol.